The summed E-state index contributed by atoms with van der Waals surface area (Å²) in [7, 11) is 1.66. The summed E-state index contributed by atoms with van der Waals surface area (Å²) >= 11 is 0. The zero-order chi connectivity index (χ0) is 12.4. The highest BCUT2D eigenvalue weighted by Crippen LogP contribution is 2.19. The Kier molecular flexibility index (Phi) is 2.68. The zero-order valence-electron chi connectivity index (χ0n) is 10.1. The van der Waals surface area contributed by atoms with Crippen LogP contribution in [0, 0.1) is 0 Å². The van der Waals surface area contributed by atoms with Gasteiger partial charge in [0.2, 0.25) is 0 Å². The minimum absolute atomic E-state index is 0.755. The number of aromatic nitrogens is 3. The molecule has 0 aliphatic rings. The van der Waals surface area contributed by atoms with Gasteiger partial charge in [-0.25, -0.2) is 4.98 Å². The highest BCUT2D eigenvalue weighted by molar-refractivity contribution is 5.76. The van der Waals surface area contributed by atoms with Crippen molar-refractivity contribution < 1.29 is 4.74 Å². The molecule has 1 N–H and O–H groups in total. The van der Waals surface area contributed by atoms with Gasteiger partial charge >= 0.3 is 0 Å². The largest absolute Gasteiger partial charge is 0.497 e. The van der Waals surface area contributed by atoms with Crippen LogP contribution in [0.4, 0.5) is 0 Å². The van der Waals surface area contributed by atoms with Crippen molar-refractivity contribution in [3.05, 3.63) is 54.1 Å². The van der Waals surface area contributed by atoms with Crippen LogP contribution in [0.3, 0.4) is 0 Å². The lowest BCUT2D eigenvalue weighted by molar-refractivity contribution is 0.415. The number of rotatable bonds is 3. The fourth-order valence-corrected chi connectivity index (χ4v) is 1.95. The minimum atomic E-state index is 0.755. The quantitative estimate of drug-likeness (QED) is 0.764. The van der Waals surface area contributed by atoms with Crippen molar-refractivity contribution in [3.8, 4) is 5.75 Å². The van der Waals surface area contributed by atoms with Gasteiger partial charge in [0.25, 0.3) is 0 Å². The Bertz CT molecular complexity index is 661. The minimum Gasteiger partial charge on any atom is -0.497 e. The van der Waals surface area contributed by atoms with Gasteiger partial charge in [0.15, 0.2) is 0 Å². The summed E-state index contributed by atoms with van der Waals surface area (Å²) in [4.78, 5) is 11.9. The maximum Gasteiger partial charge on any atom is 0.121 e. The molecule has 4 heteroatoms. The third-order valence-corrected chi connectivity index (χ3v) is 2.83. The van der Waals surface area contributed by atoms with E-state index in [1.54, 1.807) is 13.3 Å². The fraction of sp³-hybridized carbons (Fsp3) is 0.143. The van der Waals surface area contributed by atoms with Gasteiger partial charge in [-0.2, -0.15) is 0 Å². The molecule has 0 aliphatic carbocycles. The molecule has 0 amide bonds. The van der Waals surface area contributed by atoms with Crippen LogP contribution >= 0.6 is 0 Å². The maximum absolute atomic E-state index is 5.19. The highest BCUT2D eigenvalue weighted by atomic mass is 16.5. The molecule has 3 aromatic rings. The Morgan fingerprint density at radius 2 is 2.22 bits per heavy atom. The van der Waals surface area contributed by atoms with Gasteiger partial charge in [0.1, 0.15) is 11.6 Å². The Hall–Kier alpha value is -2.36. The SMILES string of the molecule is COc1ccc2nc(Cc3cccnc3)[nH]c2c1. The number of H-pyrrole nitrogens is 1. The molecule has 0 bridgehead atoms. The van der Waals surface area contributed by atoms with Crippen LogP contribution in [-0.2, 0) is 6.42 Å². The molecule has 18 heavy (non-hydrogen) atoms. The van der Waals surface area contributed by atoms with Crippen LogP contribution in [0.5, 0.6) is 5.75 Å². The number of imidazole rings is 1. The van der Waals surface area contributed by atoms with E-state index in [0.717, 1.165) is 34.6 Å². The number of nitrogens with one attached hydrogen (secondary N) is 1. The van der Waals surface area contributed by atoms with Crippen molar-refractivity contribution in [2.24, 2.45) is 0 Å². The lowest BCUT2D eigenvalue weighted by Gasteiger charge is -1.97. The molecule has 4 nitrogen and oxygen atoms in total. The van der Waals surface area contributed by atoms with Gasteiger partial charge in [0, 0.05) is 24.9 Å². The summed E-state index contributed by atoms with van der Waals surface area (Å²) in [5, 5.41) is 0. The van der Waals surface area contributed by atoms with E-state index in [0.29, 0.717) is 0 Å². The average Bonchev–Trinajstić information content (AvgIpc) is 2.80. The van der Waals surface area contributed by atoms with E-state index in [4.69, 9.17) is 4.74 Å². The van der Waals surface area contributed by atoms with Crippen molar-refractivity contribution in [1.29, 1.82) is 0 Å². The highest BCUT2D eigenvalue weighted by Gasteiger charge is 2.04. The van der Waals surface area contributed by atoms with Crippen LogP contribution in [0.1, 0.15) is 11.4 Å². The fourth-order valence-electron chi connectivity index (χ4n) is 1.95. The molecule has 0 radical (unpaired) electrons. The topological polar surface area (TPSA) is 50.8 Å². The molecule has 90 valence electrons. The van der Waals surface area contributed by atoms with E-state index in [2.05, 4.69) is 15.0 Å². The van der Waals surface area contributed by atoms with Gasteiger partial charge in [-0.05, 0) is 23.8 Å². The van der Waals surface area contributed by atoms with Crippen molar-refractivity contribution in [2.75, 3.05) is 7.11 Å². The van der Waals surface area contributed by atoms with Gasteiger partial charge < -0.3 is 9.72 Å². The van der Waals surface area contributed by atoms with Crippen molar-refractivity contribution in [3.63, 3.8) is 0 Å². The molecule has 0 atom stereocenters. The summed E-state index contributed by atoms with van der Waals surface area (Å²) < 4.78 is 5.19. The van der Waals surface area contributed by atoms with Crippen LogP contribution in [0.2, 0.25) is 0 Å². The summed E-state index contributed by atoms with van der Waals surface area (Å²) in [6, 6.07) is 9.80. The first-order valence-electron chi connectivity index (χ1n) is 5.77. The molecule has 1 aromatic carbocycles. The number of methoxy groups -OCH3 is 1. The molecule has 0 spiro atoms. The van der Waals surface area contributed by atoms with Crippen LogP contribution in [-0.4, -0.2) is 22.1 Å². The van der Waals surface area contributed by atoms with Gasteiger partial charge in [-0.3, -0.25) is 4.98 Å². The molecular formula is C14H13N3O. The molecule has 0 fully saturated rings. The van der Waals surface area contributed by atoms with Crippen molar-refractivity contribution >= 4 is 11.0 Å². The van der Waals surface area contributed by atoms with Crippen molar-refractivity contribution in [2.45, 2.75) is 6.42 Å². The number of aromatic amines is 1. The van der Waals surface area contributed by atoms with Gasteiger partial charge in [0.05, 0.1) is 18.1 Å². The summed E-state index contributed by atoms with van der Waals surface area (Å²) in [5.41, 5.74) is 3.09. The molecule has 3 rings (SSSR count). The predicted octanol–water partition coefficient (Wildman–Crippen LogP) is 2.56. The van der Waals surface area contributed by atoms with Gasteiger partial charge in [-0.15, -0.1) is 0 Å². The zero-order valence-corrected chi connectivity index (χ0v) is 10.1. The Morgan fingerprint density at radius 3 is 3.00 bits per heavy atom. The van der Waals surface area contributed by atoms with Crippen LogP contribution in [0.25, 0.3) is 11.0 Å². The van der Waals surface area contributed by atoms with E-state index < -0.39 is 0 Å². The number of fused-ring (bicyclic) bond motifs is 1. The summed E-state index contributed by atoms with van der Waals surface area (Å²) in [6.45, 7) is 0. The standard InChI is InChI=1S/C14H13N3O/c1-18-11-4-5-12-13(8-11)17-14(16-12)7-10-3-2-6-15-9-10/h2-6,8-9H,7H2,1H3,(H,16,17). The number of nitrogens with zero attached hydrogens (tertiary/aromatic N) is 2. The maximum atomic E-state index is 5.19. The Balaban J connectivity index is 1.94. The summed E-state index contributed by atoms with van der Waals surface area (Å²) in [6.07, 6.45) is 4.38. The smallest absolute Gasteiger partial charge is 0.121 e. The molecule has 0 aliphatic heterocycles. The molecule has 0 saturated heterocycles. The van der Waals surface area contributed by atoms with E-state index in [-0.39, 0.29) is 0 Å². The molecular weight excluding hydrogens is 226 g/mol. The van der Waals surface area contributed by atoms with Crippen molar-refractivity contribution in [1.82, 2.24) is 15.0 Å². The molecule has 0 unspecified atom stereocenters. The average molecular weight is 239 g/mol. The number of hydrogen-bond donors (Lipinski definition) is 1. The number of hydrogen-bond acceptors (Lipinski definition) is 3. The normalized spacial score (nSPS) is 10.7. The third kappa shape index (κ3) is 2.05. The van der Waals surface area contributed by atoms with E-state index in [9.17, 15) is 0 Å². The Morgan fingerprint density at radius 1 is 1.28 bits per heavy atom. The second-order valence-electron chi connectivity index (χ2n) is 4.10. The predicted molar refractivity (Wildman–Crippen MR) is 69.7 cm³/mol. The first kappa shape index (κ1) is 10.8. The lowest BCUT2D eigenvalue weighted by Crippen LogP contribution is -1.90. The van der Waals surface area contributed by atoms with Gasteiger partial charge in [-0.1, -0.05) is 6.07 Å². The van der Waals surface area contributed by atoms with E-state index in [1.807, 2.05) is 36.5 Å². The van der Waals surface area contributed by atoms with Crippen LogP contribution < -0.4 is 4.74 Å². The molecule has 2 heterocycles. The first-order valence-corrected chi connectivity index (χ1v) is 5.77. The molecule has 0 saturated carbocycles. The molecule has 2 aromatic heterocycles. The van der Waals surface area contributed by atoms with E-state index in [1.165, 1.54) is 0 Å². The van der Waals surface area contributed by atoms with Crippen LogP contribution in [0.15, 0.2) is 42.7 Å². The second-order valence-corrected chi connectivity index (χ2v) is 4.10. The number of ether oxygens (including phenoxy) is 1. The third-order valence-electron chi connectivity index (χ3n) is 2.83. The number of benzene rings is 1. The first-order chi connectivity index (χ1) is 8.85. The van der Waals surface area contributed by atoms with E-state index >= 15 is 0 Å². The monoisotopic (exact) mass is 239 g/mol. The lowest BCUT2D eigenvalue weighted by atomic mass is 10.2. The summed E-state index contributed by atoms with van der Waals surface area (Å²) in [5.74, 6) is 1.77. The second kappa shape index (κ2) is 4.49. The number of pyridine rings is 1. The Labute approximate surface area is 105 Å².